The Labute approximate surface area is 111 Å². The molecule has 1 aromatic heterocycles. The Morgan fingerprint density at radius 3 is 3.06 bits per heavy atom. The quantitative estimate of drug-likeness (QED) is 0.787. The summed E-state index contributed by atoms with van der Waals surface area (Å²) in [6.07, 6.45) is 7.15. The van der Waals surface area contributed by atoms with Crippen molar-refractivity contribution in [1.29, 1.82) is 0 Å². The van der Waals surface area contributed by atoms with Gasteiger partial charge in [-0.1, -0.05) is 6.42 Å². The van der Waals surface area contributed by atoms with E-state index in [4.69, 9.17) is 4.42 Å². The van der Waals surface area contributed by atoms with Crippen LogP contribution >= 0.6 is 0 Å². The fourth-order valence-corrected chi connectivity index (χ4v) is 2.68. The molecule has 102 valence electrons. The van der Waals surface area contributed by atoms with Crippen LogP contribution in [0.1, 0.15) is 43.9 Å². The van der Waals surface area contributed by atoms with Crippen LogP contribution in [0.4, 0.5) is 0 Å². The monoisotopic (exact) mass is 250 g/mol. The second-order valence-corrected chi connectivity index (χ2v) is 5.44. The molecule has 0 saturated carbocycles. The lowest BCUT2D eigenvalue weighted by Gasteiger charge is -2.33. The average molecular weight is 250 g/mol. The molecule has 2 rings (SSSR count). The molecule has 1 atom stereocenters. The predicted octanol–water partition coefficient (Wildman–Crippen LogP) is 2.94. The zero-order chi connectivity index (χ0) is 12.8. The maximum absolute atomic E-state index is 5.40. The molecule has 1 unspecified atom stereocenters. The molecule has 3 nitrogen and oxygen atoms in total. The Balaban J connectivity index is 1.57. The summed E-state index contributed by atoms with van der Waals surface area (Å²) in [5.74, 6) is 1.07. The van der Waals surface area contributed by atoms with E-state index in [-0.39, 0.29) is 0 Å². The van der Waals surface area contributed by atoms with E-state index in [1.54, 1.807) is 6.26 Å². The Kier molecular flexibility index (Phi) is 5.26. The highest BCUT2D eigenvalue weighted by molar-refractivity contribution is 5.13. The largest absolute Gasteiger partial charge is 0.468 e. The molecule has 3 heteroatoms. The summed E-state index contributed by atoms with van der Waals surface area (Å²) in [5, 5.41) is 3.46. The van der Waals surface area contributed by atoms with E-state index in [2.05, 4.69) is 24.1 Å². The predicted molar refractivity (Wildman–Crippen MR) is 74.7 cm³/mol. The van der Waals surface area contributed by atoms with Gasteiger partial charge in [-0.25, -0.2) is 0 Å². The lowest BCUT2D eigenvalue weighted by atomic mass is 10.0. The van der Waals surface area contributed by atoms with E-state index in [9.17, 15) is 0 Å². The normalized spacial score (nSPS) is 21.3. The standard InChI is InChI=1S/C15H26N2O/c1-13-7-11-18-15(13)12-16-8-5-10-17-9-4-3-6-14(17)2/h7,11,14,16H,3-6,8-10,12H2,1-2H3. The highest BCUT2D eigenvalue weighted by Gasteiger charge is 2.16. The molecule has 0 radical (unpaired) electrons. The zero-order valence-corrected chi connectivity index (χ0v) is 11.7. The van der Waals surface area contributed by atoms with Crippen LogP contribution < -0.4 is 5.32 Å². The molecule has 0 spiro atoms. The number of hydrogen-bond donors (Lipinski definition) is 1. The Hall–Kier alpha value is -0.800. The van der Waals surface area contributed by atoms with Crippen LogP contribution in [0, 0.1) is 6.92 Å². The van der Waals surface area contributed by atoms with E-state index in [1.807, 2.05) is 6.07 Å². The number of aryl methyl sites for hydroxylation is 1. The lowest BCUT2D eigenvalue weighted by Crippen LogP contribution is -2.38. The number of nitrogens with one attached hydrogen (secondary N) is 1. The van der Waals surface area contributed by atoms with Crippen molar-refractivity contribution in [3.8, 4) is 0 Å². The smallest absolute Gasteiger partial charge is 0.120 e. The Morgan fingerprint density at radius 1 is 1.44 bits per heavy atom. The van der Waals surface area contributed by atoms with E-state index in [0.29, 0.717) is 0 Å². The van der Waals surface area contributed by atoms with Gasteiger partial charge in [0.25, 0.3) is 0 Å². The Morgan fingerprint density at radius 2 is 2.33 bits per heavy atom. The number of hydrogen-bond acceptors (Lipinski definition) is 3. The molecular formula is C15H26N2O. The van der Waals surface area contributed by atoms with Gasteiger partial charge in [-0.3, -0.25) is 0 Å². The first-order valence-electron chi connectivity index (χ1n) is 7.25. The highest BCUT2D eigenvalue weighted by atomic mass is 16.3. The molecule has 1 N–H and O–H groups in total. The molecule has 18 heavy (non-hydrogen) atoms. The van der Waals surface area contributed by atoms with E-state index >= 15 is 0 Å². The van der Waals surface area contributed by atoms with Crippen molar-refractivity contribution in [2.24, 2.45) is 0 Å². The first-order chi connectivity index (χ1) is 8.77. The van der Waals surface area contributed by atoms with Gasteiger partial charge >= 0.3 is 0 Å². The summed E-state index contributed by atoms with van der Waals surface area (Å²) in [5.41, 5.74) is 1.24. The molecule has 1 aliphatic heterocycles. The van der Waals surface area contributed by atoms with Crippen molar-refractivity contribution in [3.05, 3.63) is 23.7 Å². The topological polar surface area (TPSA) is 28.4 Å². The minimum Gasteiger partial charge on any atom is -0.468 e. The van der Waals surface area contributed by atoms with Gasteiger partial charge in [-0.2, -0.15) is 0 Å². The van der Waals surface area contributed by atoms with Gasteiger partial charge in [0.1, 0.15) is 5.76 Å². The molecule has 0 aliphatic carbocycles. The average Bonchev–Trinajstić information content (AvgIpc) is 2.77. The number of piperidine rings is 1. The third-order valence-electron chi connectivity index (χ3n) is 3.99. The van der Waals surface area contributed by atoms with E-state index < -0.39 is 0 Å². The highest BCUT2D eigenvalue weighted by Crippen LogP contribution is 2.16. The van der Waals surface area contributed by atoms with E-state index in [0.717, 1.165) is 24.9 Å². The van der Waals surface area contributed by atoms with Crippen molar-refractivity contribution in [1.82, 2.24) is 10.2 Å². The summed E-state index contributed by atoms with van der Waals surface area (Å²) in [6.45, 7) is 8.90. The molecule has 1 fully saturated rings. The lowest BCUT2D eigenvalue weighted by molar-refractivity contribution is 0.159. The van der Waals surface area contributed by atoms with Crippen molar-refractivity contribution in [3.63, 3.8) is 0 Å². The van der Waals surface area contributed by atoms with Crippen molar-refractivity contribution < 1.29 is 4.42 Å². The third kappa shape index (κ3) is 3.85. The Bertz CT molecular complexity index is 348. The van der Waals surface area contributed by atoms with Crippen molar-refractivity contribution >= 4 is 0 Å². The maximum atomic E-state index is 5.40. The van der Waals surface area contributed by atoms with Gasteiger partial charge in [0.15, 0.2) is 0 Å². The summed E-state index contributed by atoms with van der Waals surface area (Å²) in [7, 11) is 0. The molecule has 0 amide bonds. The van der Waals surface area contributed by atoms with E-state index in [1.165, 1.54) is 44.3 Å². The second kappa shape index (κ2) is 6.95. The van der Waals surface area contributed by atoms with Crippen LogP contribution in [0.15, 0.2) is 16.7 Å². The molecule has 2 heterocycles. The minimum absolute atomic E-state index is 0.783. The molecule has 1 aliphatic rings. The van der Waals surface area contributed by atoms with Crippen LogP contribution in [0.25, 0.3) is 0 Å². The summed E-state index contributed by atoms with van der Waals surface area (Å²) in [6, 6.07) is 2.80. The SMILES string of the molecule is Cc1ccoc1CNCCCN1CCCCC1C. The number of rotatable bonds is 6. The molecule has 0 aromatic carbocycles. The molecular weight excluding hydrogens is 224 g/mol. The van der Waals surface area contributed by atoms with Crippen molar-refractivity contribution in [2.75, 3.05) is 19.6 Å². The van der Waals surface area contributed by atoms with Gasteiger partial charge in [0, 0.05) is 6.04 Å². The fourth-order valence-electron chi connectivity index (χ4n) is 2.68. The fraction of sp³-hybridized carbons (Fsp3) is 0.733. The summed E-state index contributed by atoms with van der Waals surface area (Å²) < 4.78 is 5.40. The number of furan rings is 1. The maximum Gasteiger partial charge on any atom is 0.120 e. The molecule has 1 saturated heterocycles. The van der Waals surface area contributed by atoms with Crippen LogP contribution in [0.5, 0.6) is 0 Å². The zero-order valence-electron chi connectivity index (χ0n) is 11.7. The first kappa shape index (κ1) is 13.6. The molecule has 1 aromatic rings. The summed E-state index contributed by atoms with van der Waals surface area (Å²) in [4.78, 5) is 2.63. The molecule has 0 bridgehead atoms. The second-order valence-electron chi connectivity index (χ2n) is 5.44. The van der Waals surface area contributed by atoms with Gasteiger partial charge in [-0.05, 0) is 64.4 Å². The van der Waals surface area contributed by atoms with Gasteiger partial charge in [0.05, 0.1) is 12.8 Å². The van der Waals surface area contributed by atoms with Gasteiger partial charge in [-0.15, -0.1) is 0 Å². The van der Waals surface area contributed by atoms with Crippen LogP contribution in [-0.2, 0) is 6.54 Å². The third-order valence-corrected chi connectivity index (χ3v) is 3.99. The van der Waals surface area contributed by atoms with Gasteiger partial charge in [0.2, 0.25) is 0 Å². The minimum atomic E-state index is 0.783. The van der Waals surface area contributed by atoms with Crippen LogP contribution in [-0.4, -0.2) is 30.6 Å². The van der Waals surface area contributed by atoms with Gasteiger partial charge < -0.3 is 14.6 Å². The summed E-state index contributed by atoms with van der Waals surface area (Å²) >= 11 is 0. The van der Waals surface area contributed by atoms with Crippen LogP contribution in [0.3, 0.4) is 0 Å². The van der Waals surface area contributed by atoms with Crippen LogP contribution in [0.2, 0.25) is 0 Å². The van der Waals surface area contributed by atoms with Crippen molar-refractivity contribution in [2.45, 2.75) is 52.1 Å². The number of likely N-dealkylation sites (tertiary alicyclic amines) is 1. The number of nitrogens with zero attached hydrogens (tertiary/aromatic N) is 1. The first-order valence-corrected chi connectivity index (χ1v) is 7.25.